The average Bonchev–Trinajstić information content (AvgIpc) is 2.88. The summed E-state index contributed by atoms with van der Waals surface area (Å²) in [5, 5.41) is 10.5. The zero-order valence-electron chi connectivity index (χ0n) is 15.5. The minimum atomic E-state index is -0.138. The Bertz CT molecular complexity index is 658. The van der Waals surface area contributed by atoms with Gasteiger partial charge in [-0.2, -0.15) is 0 Å². The van der Waals surface area contributed by atoms with Gasteiger partial charge in [-0.25, -0.2) is 0 Å². The largest absolute Gasteiger partial charge is 0.393 e. The van der Waals surface area contributed by atoms with Gasteiger partial charge in [-0.15, -0.1) is 0 Å². The molecule has 3 nitrogen and oxygen atoms in total. The highest BCUT2D eigenvalue weighted by Crippen LogP contribution is 2.61. The number of ketones is 2. The van der Waals surface area contributed by atoms with Crippen LogP contribution in [-0.4, -0.2) is 22.8 Å². The predicted molar refractivity (Wildman–Crippen MR) is 96.9 cm³/mol. The molecule has 0 aromatic carbocycles. The number of allylic oxidation sites excluding steroid dienone is 4. The average molecular weight is 342 g/mol. The molecule has 0 aliphatic heterocycles. The molecule has 3 heteroatoms. The van der Waals surface area contributed by atoms with Gasteiger partial charge >= 0.3 is 0 Å². The van der Waals surface area contributed by atoms with Gasteiger partial charge in [-0.05, 0) is 86.7 Å². The molecule has 25 heavy (non-hydrogen) atoms. The number of fused-ring (bicyclic) bond motifs is 4. The number of aliphatic hydroxyl groups excluding tert-OH is 1. The Kier molecular flexibility index (Phi) is 4.26. The Morgan fingerprint density at radius 1 is 1.24 bits per heavy atom. The summed E-state index contributed by atoms with van der Waals surface area (Å²) >= 11 is 0. The van der Waals surface area contributed by atoms with Crippen LogP contribution in [0.2, 0.25) is 0 Å². The van der Waals surface area contributed by atoms with Gasteiger partial charge in [0.25, 0.3) is 0 Å². The zero-order chi connectivity index (χ0) is 17.8. The fraction of sp³-hybridized carbons (Fsp3) is 0.727. The van der Waals surface area contributed by atoms with E-state index in [1.807, 2.05) is 0 Å². The van der Waals surface area contributed by atoms with Crippen molar-refractivity contribution in [2.24, 2.45) is 29.1 Å². The normalized spacial score (nSPS) is 42.8. The summed E-state index contributed by atoms with van der Waals surface area (Å²) in [7, 11) is 0. The lowest BCUT2D eigenvalue weighted by Crippen LogP contribution is -2.45. The maximum absolute atomic E-state index is 12.4. The van der Waals surface area contributed by atoms with Crippen molar-refractivity contribution in [3.63, 3.8) is 0 Å². The first-order chi connectivity index (χ1) is 11.9. The van der Waals surface area contributed by atoms with Gasteiger partial charge in [0.1, 0.15) is 5.78 Å². The van der Waals surface area contributed by atoms with Gasteiger partial charge in [0.2, 0.25) is 0 Å². The summed E-state index contributed by atoms with van der Waals surface area (Å²) in [5.74, 6) is 2.13. The predicted octanol–water partition coefficient (Wildman–Crippen LogP) is 4.00. The van der Waals surface area contributed by atoms with E-state index < -0.39 is 0 Å². The van der Waals surface area contributed by atoms with Crippen molar-refractivity contribution in [1.29, 1.82) is 0 Å². The third kappa shape index (κ3) is 2.66. The second-order valence-corrected chi connectivity index (χ2v) is 9.06. The molecule has 1 N–H and O–H groups in total. The third-order valence-corrected chi connectivity index (χ3v) is 7.88. The minimum absolute atomic E-state index is 0.0627. The van der Waals surface area contributed by atoms with Crippen LogP contribution in [0.1, 0.15) is 65.2 Å². The highest BCUT2D eigenvalue weighted by molar-refractivity contribution is 5.96. The summed E-state index contributed by atoms with van der Waals surface area (Å²) in [5.41, 5.74) is 2.84. The Hall–Kier alpha value is -1.22. The van der Waals surface area contributed by atoms with E-state index >= 15 is 0 Å². The molecule has 0 spiro atoms. The molecule has 0 aromatic heterocycles. The maximum Gasteiger partial charge on any atom is 0.162 e. The molecule has 0 radical (unpaired) electrons. The number of aliphatic hydroxyl groups is 1. The highest BCUT2D eigenvalue weighted by Gasteiger charge is 2.55. The lowest BCUT2D eigenvalue weighted by atomic mass is 9.54. The van der Waals surface area contributed by atoms with Crippen LogP contribution in [0.3, 0.4) is 0 Å². The van der Waals surface area contributed by atoms with Crippen molar-refractivity contribution in [2.75, 3.05) is 0 Å². The minimum Gasteiger partial charge on any atom is -0.393 e. The van der Waals surface area contributed by atoms with Gasteiger partial charge in [0.15, 0.2) is 5.78 Å². The summed E-state index contributed by atoms with van der Waals surface area (Å²) in [6, 6.07) is 0. The van der Waals surface area contributed by atoms with E-state index in [4.69, 9.17) is 0 Å². The monoisotopic (exact) mass is 342 g/mol. The topological polar surface area (TPSA) is 54.4 Å². The molecule has 6 atom stereocenters. The van der Waals surface area contributed by atoms with Crippen LogP contribution in [0.4, 0.5) is 0 Å². The number of carbonyl (C=O) groups is 2. The van der Waals surface area contributed by atoms with Crippen molar-refractivity contribution in [3.8, 4) is 0 Å². The van der Waals surface area contributed by atoms with Crippen LogP contribution in [0.5, 0.6) is 0 Å². The fourth-order valence-electron chi connectivity index (χ4n) is 6.48. The molecule has 4 aliphatic carbocycles. The maximum atomic E-state index is 12.4. The number of rotatable bonds is 3. The number of carbonyl (C=O) groups excluding carboxylic acids is 2. The fourth-order valence-corrected chi connectivity index (χ4v) is 6.48. The SMILES string of the molecule is CC(=O)CC[C@H]1C(=O)C=CC2=C1CC[C@@H]1[C@@H]2CC[C@]2(C)[C@@H](O)CC[C@@H]12. The van der Waals surface area contributed by atoms with Gasteiger partial charge < -0.3 is 9.90 Å². The van der Waals surface area contributed by atoms with E-state index in [0.717, 1.165) is 38.5 Å². The Labute approximate surface area is 150 Å². The standard InChI is InChI=1S/C22H30O3/c1-13(23)3-4-18-15-5-6-17-16(14(15)7-9-20(18)24)11-12-22(2)19(17)8-10-21(22)25/h7,9,16-19,21,25H,3-6,8,10-12H2,1-2H3/t16-,17-,18-,19+,21+,22+/m1/s1. The molecule has 0 unspecified atom stereocenters. The number of hydrogen-bond donors (Lipinski definition) is 1. The van der Waals surface area contributed by atoms with Crippen LogP contribution >= 0.6 is 0 Å². The first-order valence-electron chi connectivity index (χ1n) is 10.0. The van der Waals surface area contributed by atoms with Crippen LogP contribution in [0, 0.1) is 29.1 Å². The lowest BCUT2D eigenvalue weighted by Gasteiger charge is -2.51. The molecule has 0 amide bonds. The first kappa shape index (κ1) is 17.2. The molecule has 0 aromatic rings. The third-order valence-electron chi connectivity index (χ3n) is 7.88. The van der Waals surface area contributed by atoms with Gasteiger partial charge in [-0.1, -0.05) is 18.6 Å². The van der Waals surface area contributed by atoms with Gasteiger partial charge in [0.05, 0.1) is 6.10 Å². The molecule has 0 heterocycles. The molecule has 4 rings (SSSR count). The van der Waals surface area contributed by atoms with E-state index in [-0.39, 0.29) is 29.0 Å². The lowest BCUT2D eigenvalue weighted by molar-refractivity contribution is -0.119. The van der Waals surface area contributed by atoms with Crippen LogP contribution < -0.4 is 0 Å². The second kappa shape index (κ2) is 6.19. The smallest absolute Gasteiger partial charge is 0.162 e. The summed E-state index contributed by atoms with van der Waals surface area (Å²) in [4.78, 5) is 23.8. The molecule has 4 aliphatic rings. The van der Waals surface area contributed by atoms with E-state index in [1.165, 1.54) is 11.1 Å². The van der Waals surface area contributed by atoms with Crippen molar-refractivity contribution in [2.45, 2.75) is 71.3 Å². The Morgan fingerprint density at radius 3 is 2.80 bits per heavy atom. The van der Waals surface area contributed by atoms with Crippen molar-refractivity contribution >= 4 is 11.6 Å². The van der Waals surface area contributed by atoms with E-state index in [2.05, 4.69) is 13.0 Å². The van der Waals surface area contributed by atoms with Crippen molar-refractivity contribution in [3.05, 3.63) is 23.3 Å². The van der Waals surface area contributed by atoms with E-state index in [0.29, 0.717) is 30.6 Å². The molecular weight excluding hydrogens is 312 g/mol. The van der Waals surface area contributed by atoms with Crippen LogP contribution in [0.15, 0.2) is 23.3 Å². The zero-order valence-corrected chi connectivity index (χ0v) is 15.5. The van der Waals surface area contributed by atoms with E-state index in [9.17, 15) is 14.7 Å². The molecule has 0 bridgehead atoms. The summed E-state index contributed by atoms with van der Waals surface area (Å²) < 4.78 is 0. The quantitative estimate of drug-likeness (QED) is 0.843. The molecule has 136 valence electrons. The van der Waals surface area contributed by atoms with E-state index in [1.54, 1.807) is 13.0 Å². The van der Waals surface area contributed by atoms with Gasteiger partial charge in [-0.3, -0.25) is 4.79 Å². The van der Waals surface area contributed by atoms with Crippen LogP contribution in [0.25, 0.3) is 0 Å². The summed E-state index contributed by atoms with van der Waals surface area (Å²) in [6.45, 7) is 3.91. The van der Waals surface area contributed by atoms with Crippen molar-refractivity contribution in [1.82, 2.24) is 0 Å². The first-order valence-corrected chi connectivity index (χ1v) is 10.0. The Balaban J connectivity index is 1.62. The number of Topliss-reactive ketones (excluding diaryl/α,β-unsaturated/α-hetero) is 1. The molecule has 2 fully saturated rings. The highest BCUT2D eigenvalue weighted by atomic mass is 16.3. The molecular formula is C22H30O3. The second-order valence-electron chi connectivity index (χ2n) is 9.06. The van der Waals surface area contributed by atoms with Crippen LogP contribution in [-0.2, 0) is 9.59 Å². The Morgan fingerprint density at radius 2 is 2.04 bits per heavy atom. The summed E-state index contributed by atoms with van der Waals surface area (Å²) in [6.07, 6.45) is 11.4. The molecule has 0 saturated heterocycles. The van der Waals surface area contributed by atoms with Crippen molar-refractivity contribution < 1.29 is 14.7 Å². The molecule has 2 saturated carbocycles. The van der Waals surface area contributed by atoms with Gasteiger partial charge in [0, 0.05) is 12.3 Å². The number of hydrogen-bond acceptors (Lipinski definition) is 3.